The van der Waals surface area contributed by atoms with E-state index in [1.165, 1.54) is 24.3 Å². The Bertz CT molecular complexity index is 528. The Morgan fingerprint density at radius 3 is 2.58 bits per heavy atom. The number of nitro benzene ring substituents is 1. The highest BCUT2D eigenvalue weighted by Crippen LogP contribution is 2.24. The van der Waals surface area contributed by atoms with Crippen LogP contribution in [0, 0.1) is 10.1 Å². The number of hydrogen-bond acceptors (Lipinski definition) is 5. The predicted octanol–water partition coefficient (Wildman–Crippen LogP) is 2.66. The lowest BCUT2D eigenvalue weighted by Crippen LogP contribution is -2.22. The molecule has 102 valence electrons. The summed E-state index contributed by atoms with van der Waals surface area (Å²) in [7, 11) is 0. The van der Waals surface area contributed by atoms with Crippen molar-refractivity contribution in [3.63, 3.8) is 0 Å². The third kappa shape index (κ3) is 4.79. The molecule has 0 aliphatic carbocycles. The molecule has 0 saturated carbocycles. The van der Waals surface area contributed by atoms with Gasteiger partial charge in [0.05, 0.1) is 4.92 Å². The lowest BCUT2D eigenvalue weighted by molar-refractivity contribution is -0.384. The van der Waals surface area contributed by atoms with Gasteiger partial charge in [0.2, 0.25) is 0 Å². The van der Waals surface area contributed by atoms with Crippen LogP contribution in [0.3, 0.4) is 0 Å². The Morgan fingerprint density at radius 2 is 2.05 bits per heavy atom. The standard InChI is InChI=1S/C13H15NO5/c1-13(2,3)19-12(16)7-4-9-8-10(14(17)18)5-6-11(9)15/h4-8,15H,1-3H3. The number of phenols is 1. The van der Waals surface area contributed by atoms with E-state index in [2.05, 4.69) is 0 Å². The van der Waals surface area contributed by atoms with Crippen molar-refractivity contribution in [1.82, 2.24) is 0 Å². The number of carbonyl (C=O) groups excluding carboxylic acids is 1. The molecule has 0 aromatic heterocycles. The Balaban J connectivity index is 2.90. The minimum Gasteiger partial charge on any atom is -0.507 e. The van der Waals surface area contributed by atoms with Gasteiger partial charge in [0.1, 0.15) is 11.4 Å². The molecule has 0 bridgehead atoms. The summed E-state index contributed by atoms with van der Waals surface area (Å²) >= 11 is 0. The van der Waals surface area contributed by atoms with Crippen LogP contribution < -0.4 is 0 Å². The number of benzene rings is 1. The van der Waals surface area contributed by atoms with Crippen LogP contribution in [0.2, 0.25) is 0 Å². The summed E-state index contributed by atoms with van der Waals surface area (Å²) in [6, 6.07) is 3.56. The second kappa shape index (κ2) is 5.51. The lowest BCUT2D eigenvalue weighted by atomic mass is 10.1. The molecule has 0 heterocycles. The van der Waals surface area contributed by atoms with Crippen molar-refractivity contribution in [2.45, 2.75) is 26.4 Å². The number of non-ortho nitro benzene ring substituents is 1. The largest absolute Gasteiger partial charge is 0.507 e. The Hall–Kier alpha value is -2.37. The van der Waals surface area contributed by atoms with Gasteiger partial charge in [-0.25, -0.2) is 4.79 Å². The van der Waals surface area contributed by atoms with Crippen molar-refractivity contribution >= 4 is 17.7 Å². The topological polar surface area (TPSA) is 89.7 Å². The summed E-state index contributed by atoms with van der Waals surface area (Å²) in [6.45, 7) is 5.18. The molecule has 6 heteroatoms. The second-order valence-corrected chi connectivity index (χ2v) is 4.87. The maximum Gasteiger partial charge on any atom is 0.331 e. The van der Waals surface area contributed by atoms with Crippen molar-refractivity contribution < 1.29 is 19.6 Å². The van der Waals surface area contributed by atoms with Gasteiger partial charge in [0, 0.05) is 23.8 Å². The molecule has 0 atom stereocenters. The first kappa shape index (κ1) is 14.7. The molecule has 1 N–H and O–H groups in total. The number of phenolic OH excluding ortho intramolecular Hbond substituents is 1. The smallest absolute Gasteiger partial charge is 0.331 e. The number of rotatable bonds is 3. The van der Waals surface area contributed by atoms with Gasteiger partial charge in [-0.15, -0.1) is 0 Å². The second-order valence-electron chi connectivity index (χ2n) is 4.87. The molecule has 0 amide bonds. The lowest BCUT2D eigenvalue weighted by Gasteiger charge is -2.17. The summed E-state index contributed by atoms with van der Waals surface area (Å²) in [5, 5.41) is 20.1. The summed E-state index contributed by atoms with van der Waals surface area (Å²) < 4.78 is 5.04. The van der Waals surface area contributed by atoms with Gasteiger partial charge in [-0.2, -0.15) is 0 Å². The van der Waals surface area contributed by atoms with Crippen molar-refractivity contribution in [2.75, 3.05) is 0 Å². The fourth-order valence-electron chi connectivity index (χ4n) is 1.28. The van der Waals surface area contributed by atoms with Gasteiger partial charge in [-0.1, -0.05) is 0 Å². The van der Waals surface area contributed by atoms with Crippen LogP contribution >= 0.6 is 0 Å². The van der Waals surface area contributed by atoms with Gasteiger partial charge in [0.25, 0.3) is 5.69 Å². The zero-order valence-corrected chi connectivity index (χ0v) is 10.9. The summed E-state index contributed by atoms with van der Waals surface area (Å²) in [5.74, 6) is -0.733. The monoisotopic (exact) mass is 265 g/mol. The highest BCUT2D eigenvalue weighted by atomic mass is 16.6. The van der Waals surface area contributed by atoms with Gasteiger partial charge in [-0.05, 0) is 32.9 Å². The minimum atomic E-state index is -0.619. The highest BCUT2D eigenvalue weighted by Gasteiger charge is 2.14. The van der Waals surface area contributed by atoms with E-state index in [0.29, 0.717) is 0 Å². The molecule has 1 rings (SSSR count). The molecule has 19 heavy (non-hydrogen) atoms. The number of ether oxygens (including phenoxy) is 1. The molecule has 6 nitrogen and oxygen atoms in total. The van der Waals surface area contributed by atoms with Crippen molar-refractivity contribution in [2.24, 2.45) is 0 Å². The highest BCUT2D eigenvalue weighted by molar-refractivity contribution is 5.88. The Labute approximate surface area is 110 Å². The number of nitro groups is 1. The van der Waals surface area contributed by atoms with E-state index < -0.39 is 16.5 Å². The van der Waals surface area contributed by atoms with Gasteiger partial charge in [-0.3, -0.25) is 10.1 Å². The molecule has 0 spiro atoms. The summed E-state index contributed by atoms with van der Waals surface area (Å²) in [6.07, 6.45) is 2.39. The first-order valence-corrected chi connectivity index (χ1v) is 5.57. The van der Waals surface area contributed by atoms with Gasteiger partial charge < -0.3 is 9.84 Å². The van der Waals surface area contributed by atoms with E-state index in [9.17, 15) is 20.0 Å². The van der Waals surface area contributed by atoms with Crippen LogP contribution in [-0.2, 0) is 9.53 Å². The van der Waals surface area contributed by atoms with E-state index in [-0.39, 0.29) is 17.0 Å². The van der Waals surface area contributed by atoms with Crippen molar-refractivity contribution in [1.29, 1.82) is 0 Å². The summed E-state index contributed by atoms with van der Waals surface area (Å²) in [4.78, 5) is 21.5. The number of carbonyl (C=O) groups is 1. The summed E-state index contributed by atoms with van der Waals surface area (Å²) in [5.41, 5.74) is -0.603. The van der Waals surface area contributed by atoms with Crippen molar-refractivity contribution in [3.8, 4) is 5.75 Å². The van der Waals surface area contributed by atoms with Gasteiger partial charge >= 0.3 is 5.97 Å². The maximum absolute atomic E-state index is 11.4. The van der Waals surface area contributed by atoms with Crippen LogP contribution in [0.15, 0.2) is 24.3 Å². The van der Waals surface area contributed by atoms with E-state index >= 15 is 0 Å². The van der Waals surface area contributed by atoms with Crippen LogP contribution in [0.25, 0.3) is 6.08 Å². The number of aromatic hydroxyl groups is 1. The quantitative estimate of drug-likeness (QED) is 0.392. The molecular formula is C13H15NO5. The normalized spacial score (nSPS) is 11.5. The fraction of sp³-hybridized carbons (Fsp3) is 0.308. The number of esters is 1. The van der Waals surface area contributed by atoms with Crippen LogP contribution in [0.5, 0.6) is 5.75 Å². The molecule has 0 radical (unpaired) electrons. The van der Waals surface area contributed by atoms with Crippen LogP contribution in [0.4, 0.5) is 5.69 Å². The van der Waals surface area contributed by atoms with E-state index in [4.69, 9.17) is 4.74 Å². The third-order valence-corrected chi connectivity index (χ3v) is 2.03. The average Bonchev–Trinajstić information content (AvgIpc) is 2.25. The SMILES string of the molecule is CC(C)(C)OC(=O)C=Cc1cc([N+](=O)[O-])ccc1O. The van der Waals surface area contributed by atoms with Gasteiger partial charge in [0.15, 0.2) is 0 Å². The molecule has 0 aliphatic rings. The molecular weight excluding hydrogens is 250 g/mol. The fourth-order valence-corrected chi connectivity index (χ4v) is 1.28. The number of hydrogen-bond donors (Lipinski definition) is 1. The molecule has 0 unspecified atom stereocenters. The Morgan fingerprint density at radius 1 is 1.42 bits per heavy atom. The molecule has 1 aromatic carbocycles. The van der Waals surface area contributed by atoms with E-state index in [1.54, 1.807) is 20.8 Å². The first-order valence-electron chi connectivity index (χ1n) is 5.57. The van der Waals surface area contributed by atoms with Crippen molar-refractivity contribution in [3.05, 3.63) is 40.0 Å². The molecule has 0 fully saturated rings. The predicted molar refractivity (Wildman–Crippen MR) is 69.6 cm³/mol. The maximum atomic E-state index is 11.4. The third-order valence-electron chi connectivity index (χ3n) is 2.03. The van der Waals surface area contributed by atoms with E-state index in [1.807, 2.05) is 0 Å². The average molecular weight is 265 g/mol. The van der Waals surface area contributed by atoms with Crippen LogP contribution in [0.1, 0.15) is 26.3 Å². The van der Waals surface area contributed by atoms with Crippen LogP contribution in [-0.4, -0.2) is 21.6 Å². The molecule has 0 saturated heterocycles. The first-order chi connectivity index (χ1) is 8.69. The number of nitrogens with zero attached hydrogens (tertiary/aromatic N) is 1. The zero-order chi connectivity index (χ0) is 14.6. The molecule has 1 aromatic rings. The zero-order valence-electron chi connectivity index (χ0n) is 10.9. The van der Waals surface area contributed by atoms with E-state index in [0.717, 1.165) is 6.08 Å². The minimum absolute atomic E-state index is 0.148. The Kier molecular flexibility index (Phi) is 4.26. The molecule has 0 aliphatic heterocycles.